The summed E-state index contributed by atoms with van der Waals surface area (Å²) in [5, 5.41) is 8.64. The van der Waals surface area contributed by atoms with Gasteiger partial charge in [-0.25, -0.2) is 9.48 Å². The van der Waals surface area contributed by atoms with E-state index in [0.717, 1.165) is 17.1 Å². The number of hydrogen-bond donors (Lipinski definition) is 1. The van der Waals surface area contributed by atoms with E-state index in [-0.39, 0.29) is 12.1 Å². The molecule has 172 valence electrons. The molecule has 1 unspecified atom stereocenters. The standard InChI is InChI=1S/C25H28N4O3S/c1-5-31-23(30)21-17(4)26-24-27-25(33-15-18-10-7-6-8-11-18)28-29(24)22(21)19-12-9-13-20(14-19)32-16(2)3/h6-14,16,22H,5,15H2,1-4H3,(H,26,27,28). The molecule has 1 aliphatic heterocycles. The van der Waals surface area contributed by atoms with Gasteiger partial charge in [0.15, 0.2) is 0 Å². The van der Waals surface area contributed by atoms with Crippen molar-refractivity contribution in [1.29, 1.82) is 0 Å². The van der Waals surface area contributed by atoms with Crippen LogP contribution in [0.5, 0.6) is 5.75 Å². The summed E-state index contributed by atoms with van der Waals surface area (Å²) in [6.45, 7) is 7.92. The molecule has 0 amide bonds. The van der Waals surface area contributed by atoms with Crippen molar-refractivity contribution in [2.75, 3.05) is 11.9 Å². The van der Waals surface area contributed by atoms with Crippen LogP contribution in [-0.4, -0.2) is 33.4 Å². The SMILES string of the molecule is CCOC(=O)C1=C(C)Nc2nc(SCc3ccccc3)nn2C1c1cccc(OC(C)C)c1. The topological polar surface area (TPSA) is 78.3 Å². The molecule has 3 aromatic rings. The minimum Gasteiger partial charge on any atom is -0.491 e. The second kappa shape index (κ2) is 10.1. The van der Waals surface area contributed by atoms with E-state index in [9.17, 15) is 4.79 Å². The quantitative estimate of drug-likeness (QED) is 0.362. The number of aromatic nitrogens is 3. The predicted octanol–water partition coefficient (Wildman–Crippen LogP) is 5.21. The Labute approximate surface area is 198 Å². The number of thioether (sulfide) groups is 1. The monoisotopic (exact) mass is 464 g/mol. The maximum absolute atomic E-state index is 13.0. The molecule has 0 spiro atoms. The van der Waals surface area contributed by atoms with Crippen LogP contribution in [-0.2, 0) is 15.3 Å². The van der Waals surface area contributed by atoms with Gasteiger partial charge in [-0.15, -0.1) is 5.10 Å². The van der Waals surface area contributed by atoms with Crippen LogP contribution in [0.15, 0.2) is 71.0 Å². The first kappa shape index (κ1) is 22.9. The Kier molecular flexibility index (Phi) is 7.03. The zero-order chi connectivity index (χ0) is 23.4. The number of rotatable bonds is 8. The van der Waals surface area contributed by atoms with Crippen molar-refractivity contribution in [1.82, 2.24) is 14.8 Å². The summed E-state index contributed by atoms with van der Waals surface area (Å²) in [5.41, 5.74) is 3.28. The van der Waals surface area contributed by atoms with E-state index in [1.165, 1.54) is 5.56 Å². The molecule has 1 aromatic heterocycles. The van der Waals surface area contributed by atoms with Gasteiger partial charge in [0.2, 0.25) is 11.1 Å². The summed E-state index contributed by atoms with van der Waals surface area (Å²) in [7, 11) is 0. The molecule has 1 atom stereocenters. The molecule has 0 radical (unpaired) electrons. The lowest BCUT2D eigenvalue weighted by atomic mass is 9.95. The third kappa shape index (κ3) is 5.22. The van der Waals surface area contributed by atoms with Crippen molar-refractivity contribution in [3.8, 4) is 5.75 Å². The molecule has 4 rings (SSSR count). The third-order valence-corrected chi connectivity index (χ3v) is 5.99. The van der Waals surface area contributed by atoms with Crippen molar-refractivity contribution in [2.24, 2.45) is 0 Å². The average molecular weight is 465 g/mol. The molecule has 0 aliphatic carbocycles. The molecule has 33 heavy (non-hydrogen) atoms. The highest BCUT2D eigenvalue weighted by Gasteiger charge is 2.35. The average Bonchev–Trinajstić information content (AvgIpc) is 3.19. The predicted molar refractivity (Wildman–Crippen MR) is 129 cm³/mol. The number of hydrogen-bond acceptors (Lipinski definition) is 7. The number of carbonyl (C=O) groups excluding carboxylic acids is 1. The summed E-state index contributed by atoms with van der Waals surface area (Å²) >= 11 is 1.55. The number of fused-ring (bicyclic) bond motifs is 1. The lowest BCUT2D eigenvalue weighted by Crippen LogP contribution is -2.29. The number of nitrogens with zero attached hydrogens (tertiary/aromatic N) is 3. The first-order valence-electron chi connectivity index (χ1n) is 11.0. The van der Waals surface area contributed by atoms with Gasteiger partial charge in [-0.2, -0.15) is 4.98 Å². The molecule has 7 nitrogen and oxygen atoms in total. The van der Waals surface area contributed by atoms with E-state index < -0.39 is 6.04 Å². The highest BCUT2D eigenvalue weighted by atomic mass is 32.2. The number of nitrogens with one attached hydrogen (secondary N) is 1. The highest BCUT2D eigenvalue weighted by molar-refractivity contribution is 7.98. The summed E-state index contributed by atoms with van der Waals surface area (Å²) < 4.78 is 13.1. The zero-order valence-electron chi connectivity index (χ0n) is 19.2. The Bertz CT molecular complexity index is 1160. The smallest absolute Gasteiger partial charge is 0.338 e. The lowest BCUT2D eigenvalue weighted by molar-refractivity contribution is -0.139. The fourth-order valence-electron chi connectivity index (χ4n) is 3.73. The maximum atomic E-state index is 13.0. The van der Waals surface area contributed by atoms with Crippen LogP contribution in [0.2, 0.25) is 0 Å². The van der Waals surface area contributed by atoms with E-state index in [1.807, 2.05) is 63.2 Å². The minimum atomic E-state index is -0.477. The van der Waals surface area contributed by atoms with Gasteiger partial charge in [0.25, 0.3) is 0 Å². The number of esters is 1. The Morgan fingerprint density at radius 1 is 1.18 bits per heavy atom. The van der Waals surface area contributed by atoms with Crippen LogP contribution in [0.3, 0.4) is 0 Å². The van der Waals surface area contributed by atoms with Crippen LogP contribution < -0.4 is 10.1 Å². The van der Waals surface area contributed by atoms with Crippen molar-refractivity contribution >= 4 is 23.7 Å². The second-order valence-electron chi connectivity index (χ2n) is 7.96. The van der Waals surface area contributed by atoms with Crippen molar-refractivity contribution in [3.05, 3.63) is 77.0 Å². The lowest BCUT2D eigenvalue weighted by Gasteiger charge is -2.28. The van der Waals surface area contributed by atoms with E-state index in [4.69, 9.17) is 14.6 Å². The normalized spacial score (nSPS) is 15.2. The molecule has 1 aliphatic rings. The Morgan fingerprint density at radius 2 is 1.97 bits per heavy atom. The van der Waals surface area contributed by atoms with Gasteiger partial charge < -0.3 is 14.8 Å². The first-order chi connectivity index (χ1) is 16.0. The van der Waals surface area contributed by atoms with Gasteiger partial charge in [0, 0.05) is 11.4 Å². The second-order valence-corrected chi connectivity index (χ2v) is 8.91. The van der Waals surface area contributed by atoms with E-state index in [2.05, 4.69) is 22.4 Å². The summed E-state index contributed by atoms with van der Waals surface area (Å²) in [6, 6.07) is 17.5. The van der Waals surface area contributed by atoms with Crippen LogP contribution in [0, 0.1) is 0 Å². The molecule has 1 N–H and O–H groups in total. The summed E-state index contributed by atoms with van der Waals surface area (Å²) in [4.78, 5) is 17.7. The van der Waals surface area contributed by atoms with Crippen molar-refractivity contribution in [2.45, 2.75) is 50.8 Å². The summed E-state index contributed by atoms with van der Waals surface area (Å²) in [6.07, 6.45) is 0.0398. The first-order valence-corrected chi connectivity index (χ1v) is 12.0. The number of allylic oxidation sites excluding steroid dienone is 1. The Balaban J connectivity index is 1.71. The van der Waals surface area contributed by atoms with Gasteiger partial charge in [-0.3, -0.25) is 0 Å². The van der Waals surface area contributed by atoms with Gasteiger partial charge in [-0.05, 0) is 51.0 Å². The van der Waals surface area contributed by atoms with Crippen molar-refractivity contribution in [3.63, 3.8) is 0 Å². The molecule has 0 bridgehead atoms. The largest absolute Gasteiger partial charge is 0.491 e. The van der Waals surface area contributed by atoms with Gasteiger partial charge in [0.05, 0.1) is 18.3 Å². The zero-order valence-corrected chi connectivity index (χ0v) is 20.1. The van der Waals surface area contributed by atoms with E-state index in [1.54, 1.807) is 23.4 Å². The minimum absolute atomic E-state index is 0.0398. The van der Waals surface area contributed by atoms with Gasteiger partial charge in [0.1, 0.15) is 11.8 Å². The van der Waals surface area contributed by atoms with E-state index >= 15 is 0 Å². The molecular formula is C25H28N4O3S. The van der Waals surface area contributed by atoms with Crippen LogP contribution in [0.4, 0.5) is 5.95 Å². The number of benzene rings is 2. The molecule has 8 heteroatoms. The van der Waals surface area contributed by atoms with Crippen LogP contribution in [0.1, 0.15) is 44.9 Å². The molecule has 2 aromatic carbocycles. The van der Waals surface area contributed by atoms with E-state index in [0.29, 0.717) is 29.0 Å². The highest BCUT2D eigenvalue weighted by Crippen LogP contribution is 2.38. The molecule has 2 heterocycles. The third-order valence-electron chi connectivity index (χ3n) is 5.08. The number of anilines is 1. The fraction of sp³-hybridized carbons (Fsp3) is 0.320. The Hall–Kier alpha value is -3.26. The fourth-order valence-corrected chi connectivity index (χ4v) is 4.51. The van der Waals surface area contributed by atoms with Crippen molar-refractivity contribution < 1.29 is 14.3 Å². The Morgan fingerprint density at radius 3 is 2.70 bits per heavy atom. The van der Waals surface area contributed by atoms with Gasteiger partial charge in [-0.1, -0.05) is 54.2 Å². The number of ether oxygens (including phenoxy) is 2. The number of carbonyl (C=O) groups is 1. The van der Waals surface area contributed by atoms with Crippen LogP contribution >= 0.6 is 11.8 Å². The molecular weight excluding hydrogens is 436 g/mol. The van der Waals surface area contributed by atoms with Gasteiger partial charge >= 0.3 is 5.97 Å². The van der Waals surface area contributed by atoms with Crippen LogP contribution in [0.25, 0.3) is 0 Å². The molecule has 0 fully saturated rings. The molecule has 0 saturated carbocycles. The molecule has 0 saturated heterocycles. The maximum Gasteiger partial charge on any atom is 0.338 e. The summed E-state index contributed by atoms with van der Waals surface area (Å²) in [5.74, 6) is 1.71.